The Kier molecular flexibility index (Phi) is 2.94. The standard InChI is InChI=1S/C13H20N2/c1-4-10(3)12-6-5-11-7-9(2)8-14-13(11)15-12/h5-6,9-10H,4,7-8H2,1-3H3,(H,14,15). The quantitative estimate of drug-likeness (QED) is 0.800. The molecule has 1 N–H and O–H groups in total. The Labute approximate surface area is 92.1 Å². The average Bonchev–Trinajstić information content (AvgIpc) is 2.27. The van der Waals surface area contributed by atoms with E-state index in [0.29, 0.717) is 5.92 Å². The van der Waals surface area contributed by atoms with E-state index in [0.717, 1.165) is 31.1 Å². The van der Waals surface area contributed by atoms with Crippen molar-refractivity contribution in [2.75, 3.05) is 11.9 Å². The third-order valence-electron chi connectivity index (χ3n) is 3.30. The van der Waals surface area contributed by atoms with Crippen molar-refractivity contribution >= 4 is 5.82 Å². The maximum Gasteiger partial charge on any atom is 0.129 e. The van der Waals surface area contributed by atoms with Crippen molar-refractivity contribution in [1.29, 1.82) is 0 Å². The first-order valence-electron chi connectivity index (χ1n) is 5.94. The van der Waals surface area contributed by atoms with Gasteiger partial charge in [0.2, 0.25) is 0 Å². The molecule has 82 valence electrons. The van der Waals surface area contributed by atoms with Crippen LogP contribution in [-0.4, -0.2) is 11.5 Å². The van der Waals surface area contributed by atoms with Gasteiger partial charge in [0.1, 0.15) is 5.82 Å². The normalized spacial score (nSPS) is 21.7. The molecule has 2 heterocycles. The molecule has 2 atom stereocenters. The van der Waals surface area contributed by atoms with Crippen molar-refractivity contribution in [2.45, 2.75) is 39.5 Å². The number of rotatable bonds is 2. The van der Waals surface area contributed by atoms with E-state index in [9.17, 15) is 0 Å². The molecule has 0 spiro atoms. The lowest BCUT2D eigenvalue weighted by Gasteiger charge is -2.23. The molecule has 0 aliphatic carbocycles. The monoisotopic (exact) mass is 204 g/mol. The Morgan fingerprint density at radius 2 is 2.33 bits per heavy atom. The van der Waals surface area contributed by atoms with Gasteiger partial charge < -0.3 is 5.32 Å². The third kappa shape index (κ3) is 2.14. The summed E-state index contributed by atoms with van der Waals surface area (Å²) in [5.41, 5.74) is 2.60. The smallest absolute Gasteiger partial charge is 0.129 e. The highest BCUT2D eigenvalue weighted by Crippen LogP contribution is 2.26. The van der Waals surface area contributed by atoms with Gasteiger partial charge in [-0.1, -0.05) is 26.8 Å². The number of anilines is 1. The average molecular weight is 204 g/mol. The molecule has 2 heteroatoms. The minimum Gasteiger partial charge on any atom is -0.370 e. The van der Waals surface area contributed by atoms with Crippen LogP contribution in [0, 0.1) is 5.92 Å². The van der Waals surface area contributed by atoms with Crippen molar-refractivity contribution in [3.05, 3.63) is 23.4 Å². The number of nitrogens with zero attached hydrogens (tertiary/aromatic N) is 1. The number of hydrogen-bond donors (Lipinski definition) is 1. The Bertz CT molecular complexity index is 346. The summed E-state index contributed by atoms with van der Waals surface area (Å²) in [5, 5.41) is 3.42. The molecular formula is C13H20N2. The molecule has 1 aliphatic heterocycles. The molecule has 15 heavy (non-hydrogen) atoms. The lowest BCUT2D eigenvalue weighted by atomic mass is 9.96. The number of hydrogen-bond acceptors (Lipinski definition) is 2. The summed E-state index contributed by atoms with van der Waals surface area (Å²) in [6.45, 7) is 7.78. The summed E-state index contributed by atoms with van der Waals surface area (Å²) in [5.74, 6) is 2.41. The van der Waals surface area contributed by atoms with Crippen molar-refractivity contribution in [2.24, 2.45) is 5.92 Å². The highest BCUT2D eigenvalue weighted by molar-refractivity contribution is 5.47. The summed E-state index contributed by atoms with van der Waals surface area (Å²) >= 11 is 0. The van der Waals surface area contributed by atoms with E-state index >= 15 is 0 Å². The minimum atomic E-state index is 0.566. The van der Waals surface area contributed by atoms with Gasteiger partial charge >= 0.3 is 0 Å². The fourth-order valence-electron chi connectivity index (χ4n) is 2.02. The highest BCUT2D eigenvalue weighted by Gasteiger charge is 2.16. The van der Waals surface area contributed by atoms with Gasteiger partial charge in [-0.05, 0) is 36.3 Å². The molecule has 0 aromatic carbocycles. The Hall–Kier alpha value is -1.05. The van der Waals surface area contributed by atoms with Crippen LogP contribution >= 0.6 is 0 Å². The van der Waals surface area contributed by atoms with Crippen LogP contribution in [0.3, 0.4) is 0 Å². The molecule has 0 saturated heterocycles. The molecule has 1 aromatic rings. The fourth-order valence-corrected chi connectivity index (χ4v) is 2.02. The van der Waals surface area contributed by atoms with Crippen LogP contribution in [0.4, 0.5) is 5.82 Å². The zero-order valence-corrected chi connectivity index (χ0v) is 9.88. The molecule has 2 rings (SSSR count). The summed E-state index contributed by atoms with van der Waals surface area (Å²) in [4.78, 5) is 4.71. The fraction of sp³-hybridized carbons (Fsp3) is 0.615. The van der Waals surface area contributed by atoms with Gasteiger partial charge in [-0.3, -0.25) is 0 Å². The van der Waals surface area contributed by atoms with Gasteiger partial charge in [-0.25, -0.2) is 4.98 Å². The van der Waals surface area contributed by atoms with Gasteiger partial charge in [-0.2, -0.15) is 0 Å². The van der Waals surface area contributed by atoms with E-state index in [1.165, 1.54) is 11.3 Å². The lowest BCUT2D eigenvalue weighted by Crippen LogP contribution is -2.22. The molecule has 0 amide bonds. The SMILES string of the molecule is CCC(C)c1ccc2c(n1)NCC(C)C2. The molecule has 0 bridgehead atoms. The summed E-state index contributed by atoms with van der Waals surface area (Å²) < 4.78 is 0. The molecule has 1 aliphatic rings. The highest BCUT2D eigenvalue weighted by atomic mass is 15.0. The van der Waals surface area contributed by atoms with Crippen LogP contribution in [0.15, 0.2) is 12.1 Å². The first kappa shape index (κ1) is 10.5. The van der Waals surface area contributed by atoms with Crippen LogP contribution in [0.5, 0.6) is 0 Å². The second-order valence-corrected chi connectivity index (χ2v) is 4.74. The van der Waals surface area contributed by atoms with Gasteiger partial charge in [0, 0.05) is 12.2 Å². The van der Waals surface area contributed by atoms with Crippen molar-refractivity contribution < 1.29 is 0 Å². The van der Waals surface area contributed by atoms with Crippen LogP contribution in [0.25, 0.3) is 0 Å². The van der Waals surface area contributed by atoms with E-state index in [1.54, 1.807) is 0 Å². The maximum atomic E-state index is 4.71. The predicted molar refractivity (Wildman–Crippen MR) is 64.3 cm³/mol. The molecule has 2 unspecified atom stereocenters. The number of pyridine rings is 1. The van der Waals surface area contributed by atoms with E-state index < -0.39 is 0 Å². The molecule has 1 aromatic heterocycles. The zero-order valence-electron chi connectivity index (χ0n) is 9.88. The van der Waals surface area contributed by atoms with Crippen LogP contribution < -0.4 is 5.32 Å². The van der Waals surface area contributed by atoms with Crippen molar-refractivity contribution in [1.82, 2.24) is 4.98 Å². The first-order valence-corrected chi connectivity index (χ1v) is 5.94. The van der Waals surface area contributed by atoms with Gasteiger partial charge in [0.15, 0.2) is 0 Å². The molecular weight excluding hydrogens is 184 g/mol. The summed E-state index contributed by atoms with van der Waals surface area (Å²) in [6, 6.07) is 4.43. The van der Waals surface area contributed by atoms with E-state index in [2.05, 4.69) is 38.2 Å². The number of aromatic nitrogens is 1. The van der Waals surface area contributed by atoms with Crippen molar-refractivity contribution in [3.63, 3.8) is 0 Å². The van der Waals surface area contributed by atoms with Crippen LogP contribution in [0.2, 0.25) is 0 Å². The number of nitrogens with one attached hydrogen (secondary N) is 1. The second kappa shape index (κ2) is 4.21. The van der Waals surface area contributed by atoms with E-state index in [-0.39, 0.29) is 0 Å². The second-order valence-electron chi connectivity index (χ2n) is 4.74. The van der Waals surface area contributed by atoms with Crippen LogP contribution in [0.1, 0.15) is 44.4 Å². The predicted octanol–water partition coefficient (Wildman–Crippen LogP) is 3.20. The first-order chi connectivity index (χ1) is 7.20. The largest absolute Gasteiger partial charge is 0.370 e. The topological polar surface area (TPSA) is 24.9 Å². The molecule has 0 radical (unpaired) electrons. The Morgan fingerprint density at radius 1 is 1.53 bits per heavy atom. The maximum absolute atomic E-state index is 4.71. The summed E-state index contributed by atoms with van der Waals surface area (Å²) in [7, 11) is 0. The third-order valence-corrected chi connectivity index (χ3v) is 3.30. The molecule has 2 nitrogen and oxygen atoms in total. The minimum absolute atomic E-state index is 0.566. The molecule has 0 saturated carbocycles. The van der Waals surface area contributed by atoms with E-state index in [4.69, 9.17) is 4.98 Å². The van der Waals surface area contributed by atoms with Gasteiger partial charge in [0.05, 0.1) is 0 Å². The van der Waals surface area contributed by atoms with Crippen LogP contribution in [-0.2, 0) is 6.42 Å². The lowest BCUT2D eigenvalue weighted by molar-refractivity contribution is 0.587. The van der Waals surface area contributed by atoms with Gasteiger partial charge in [0.25, 0.3) is 0 Å². The Morgan fingerprint density at radius 3 is 3.07 bits per heavy atom. The molecule has 0 fully saturated rings. The van der Waals surface area contributed by atoms with E-state index in [1.807, 2.05) is 0 Å². The van der Waals surface area contributed by atoms with Crippen molar-refractivity contribution in [3.8, 4) is 0 Å². The zero-order chi connectivity index (χ0) is 10.8. The summed E-state index contributed by atoms with van der Waals surface area (Å²) in [6.07, 6.45) is 2.32. The Balaban J connectivity index is 2.26. The number of fused-ring (bicyclic) bond motifs is 1. The van der Waals surface area contributed by atoms with Gasteiger partial charge in [-0.15, -0.1) is 0 Å².